The molecule has 0 aliphatic carbocycles. The van der Waals surface area contributed by atoms with Gasteiger partial charge in [0.05, 0.1) is 18.8 Å². The summed E-state index contributed by atoms with van der Waals surface area (Å²) in [4.78, 5) is 12.4. The first-order chi connectivity index (χ1) is 30.2. The van der Waals surface area contributed by atoms with Gasteiger partial charge in [0.15, 0.2) is 0 Å². The Bertz CT molecular complexity index is 1100. The molecule has 0 radical (unpaired) electrons. The summed E-state index contributed by atoms with van der Waals surface area (Å²) in [5, 5.41) is 23.0. The van der Waals surface area contributed by atoms with E-state index in [2.05, 4.69) is 86.0 Å². The molecule has 0 saturated carbocycles. The molecular weight excluding hydrogens is 747 g/mol. The lowest BCUT2D eigenvalue weighted by molar-refractivity contribution is -0.122. The van der Waals surface area contributed by atoms with Gasteiger partial charge in [0.1, 0.15) is 0 Å². The second kappa shape index (κ2) is 51.9. The highest BCUT2D eigenvalue weighted by molar-refractivity contribution is 5.76. The van der Waals surface area contributed by atoms with E-state index < -0.39 is 12.1 Å². The van der Waals surface area contributed by atoms with Crippen LogP contribution in [0.1, 0.15) is 251 Å². The first kappa shape index (κ1) is 58.6. The van der Waals surface area contributed by atoms with Crippen LogP contribution in [0, 0.1) is 0 Å². The third-order valence-electron chi connectivity index (χ3n) is 11.6. The largest absolute Gasteiger partial charge is 0.394 e. The molecule has 352 valence electrons. The summed E-state index contributed by atoms with van der Waals surface area (Å²) >= 11 is 0. The molecule has 4 nitrogen and oxygen atoms in total. The van der Waals surface area contributed by atoms with Crippen LogP contribution >= 0.6 is 0 Å². The van der Waals surface area contributed by atoms with Crippen molar-refractivity contribution in [2.45, 2.75) is 264 Å². The Morgan fingerprint density at radius 1 is 0.410 bits per heavy atom. The van der Waals surface area contributed by atoms with E-state index in [4.69, 9.17) is 0 Å². The molecule has 0 bridgehead atoms. The molecule has 0 aliphatic rings. The van der Waals surface area contributed by atoms with E-state index >= 15 is 0 Å². The molecule has 0 aromatic heterocycles. The number of nitrogens with one attached hydrogen (secondary N) is 1. The fraction of sp³-hybridized carbons (Fsp3) is 0.737. The number of aliphatic hydroxyl groups excluding tert-OH is 2. The molecule has 0 spiro atoms. The zero-order chi connectivity index (χ0) is 44.2. The molecule has 0 rings (SSSR count). The first-order valence-electron chi connectivity index (χ1n) is 26.3. The summed E-state index contributed by atoms with van der Waals surface area (Å²) < 4.78 is 0. The third kappa shape index (κ3) is 48.5. The Morgan fingerprint density at radius 2 is 0.721 bits per heavy atom. The number of carbonyl (C=O) groups excluding carboxylic acids is 1. The van der Waals surface area contributed by atoms with Gasteiger partial charge in [-0.05, 0) is 57.8 Å². The van der Waals surface area contributed by atoms with Gasteiger partial charge in [0.2, 0.25) is 5.91 Å². The van der Waals surface area contributed by atoms with Crippen molar-refractivity contribution in [1.29, 1.82) is 0 Å². The number of hydrogen-bond donors (Lipinski definition) is 3. The fourth-order valence-electron chi connectivity index (χ4n) is 7.67. The zero-order valence-electron chi connectivity index (χ0n) is 40.4. The van der Waals surface area contributed by atoms with E-state index in [1.54, 1.807) is 6.08 Å². The Balaban J connectivity index is 3.58. The standard InChI is InChI=1S/C57H101NO3/c1-3-5-7-9-11-13-15-17-19-21-23-24-25-26-27-28-29-30-31-32-33-35-36-38-40-42-44-46-48-50-52-56(60)55(54-59)58-57(61)53-51-49-47-45-43-41-39-37-34-22-20-18-16-14-12-10-8-6-4-2/h6,8,12,14,18,20,34,37,41,43,47,49-50,52,55-56,59-60H,3-5,7,9-11,13,15-17,19,21-33,35-36,38-40,42,44-46,48,51,53-54H2,1-2H3,(H,58,61)/b8-6-,14-12-,20-18-,37-34-,43-41-,49-47-,52-50+. The van der Waals surface area contributed by atoms with Gasteiger partial charge in [0.25, 0.3) is 0 Å². The van der Waals surface area contributed by atoms with Crippen LogP contribution in [0.25, 0.3) is 0 Å². The van der Waals surface area contributed by atoms with Crippen molar-refractivity contribution >= 4 is 5.91 Å². The molecule has 3 N–H and O–H groups in total. The molecule has 1 amide bonds. The highest BCUT2D eigenvalue weighted by Crippen LogP contribution is 2.17. The van der Waals surface area contributed by atoms with Crippen LogP contribution in [0.2, 0.25) is 0 Å². The number of aliphatic hydroxyl groups is 2. The number of unbranched alkanes of at least 4 members (excludes halogenated alkanes) is 28. The van der Waals surface area contributed by atoms with Crippen molar-refractivity contribution in [3.8, 4) is 0 Å². The lowest BCUT2D eigenvalue weighted by atomic mass is 10.0. The van der Waals surface area contributed by atoms with Crippen LogP contribution in [0.4, 0.5) is 0 Å². The van der Waals surface area contributed by atoms with E-state index in [-0.39, 0.29) is 12.5 Å². The van der Waals surface area contributed by atoms with Crippen LogP contribution in [-0.2, 0) is 4.79 Å². The summed E-state index contributed by atoms with van der Waals surface area (Å²) in [7, 11) is 0. The van der Waals surface area contributed by atoms with Gasteiger partial charge in [0, 0.05) is 6.42 Å². The zero-order valence-corrected chi connectivity index (χ0v) is 40.4. The Kier molecular flexibility index (Phi) is 49.8. The Morgan fingerprint density at radius 3 is 1.05 bits per heavy atom. The lowest BCUT2D eigenvalue weighted by Gasteiger charge is -2.19. The molecule has 0 aliphatic heterocycles. The average Bonchev–Trinajstić information content (AvgIpc) is 3.26. The number of allylic oxidation sites excluding steroid dienone is 13. The molecule has 0 saturated heterocycles. The van der Waals surface area contributed by atoms with Gasteiger partial charge >= 0.3 is 0 Å². The van der Waals surface area contributed by atoms with Crippen molar-refractivity contribution in [2.24, 2.45) is 0 Å². The van der Waals surface area contributed by atoms with Gasteiger partial charge in [-0.25, -0.2) is 0 Å². The highest BCUT2D eigenvalue weighted by Gasteiger charge is 2.17. The normalized spacial score (nSPS) is 13.6. The van der Waals surface area contributed by atoms with E-state index in [1.165, 1.54) is 173 Å². The average molecular weight is 848 g/mol. The van der Waals surface area contributed by atoms with Crippen molar-refractivity contribution in [1.82, 2.24) is 5.32 Å². The summed E-state index contributed by atoms with van der Waals surface area (Å²) in [6.07, 6.45) is 76.0. The maximum absolute atomic E-state index is 12.4. The van der Waals surface area contributed by atoms with Gasteiger partial charge in [-0.2, -0.15) is 0 Å². The van der Waals surface area contributed by atoms with Crippen molar-refractivity contribution < 1.29 is 15.0 Å². The van der Waals surface area contributed by atoms with Crippen molar-refractivity contribution in [3.05, 3.63) is 85.1 Å². The number of amides is 1. The predicted octanol–water partition coefficient (Wildman–Crippen LogP) is 17.2. The molecule has 4 heteroatoms. The van der Waals surface area contributed by atoms with Crippen LogP contribution in [0.15, 0.2) is 85.1 Å². The topological polar surface area (TPSA) is 69.6 Å². The van der Waals surface area contributed by atoms with Crippen molar-refractivity contribution in [2.75, 3.05) is 6.61 Å². The molecule has 2 unspecified atom stereocenters. The van der Waals surface area contributed by atoms with Gasteiger partial charge in [-0.1, -0.05) is 272 Å². The Hall–Kier alpha value is -2.43. The minimum atomic E-state index is -0.876. The SMILES string of the molecule is CC/C=C\C/C=C\C/C=C\C/C=C\C/C=C\C/C=C\CCC(=O)NC(CO)C(O)/C=C/CCCCCCCCCCCCCCCCCCCCCCCCCCCCCC. The van der Waals surface area contributed by atoms with E-state index in [1.807, 2.05) is 12.2 Å². The van der Waals surface area contributed by atoms with E-state index in [0.29, 0.717) is 12.8 Å². The monoisotopic (exact) mass is 848 g/mol. The molecule has 0 heterocycles. The second-order valence-corrected chi connectivity index (χ2v) is 17.6. The molecular formula is C57H101NO3. The maximum atomic E-state index is 12.4. The molecule has 0 aromatic carbocycles. The molecule has 2 atom stereocenters. The predicted molar refractivity (Wildman–Crippen MR) is 271 cm³/mol. The summed E-state index contributed by atoms with van der Waals surface area (Å²) in [5.74, 6) is -0.147. The van der Waals surface area contributed by atoms with E-state index in [9.17, 15) is 15.0 Å². The summed E-state index contributed by atoms with van der Waals surface area (Å²) in [6, 6.07) is -0.669. The smallest absolute Gasteiger partial charge is 0.220 e. The van der Waals surface area contributed by atoms with Crippen LogP contribution in [-0.4, -0.2) is 34.9 Å². The minimum Gasteiger partial charge on any atom is -0.394 e. The molecule has 0 fully saturated rings. The third-order valence-corrected chi connectivity index (χ3v) is 11.6. The fourth-order valence-corrected chi connectivity index (χ4v) is 7.67. The Labute approximate surface area is 380 Å². The molecule has 61 heavy (non-hydrogen) atoms. The quantitative estimate of drug-likeness (QED) is 0.0422. The highest BCUT2D eigenvalue weighted by atomic mass is 16.3. The van der Waals surface area contributed by atoms with Gasteiger partial charge in [-0.3, -0.25) is 4.79 Å². The second-order valence-electron chi connectivity index (χ2n) is 17.6. The van der Waals surface area contributed by atoms with Crippen LogP contribution in [0.3, 0.4) is 0 Å². The van der Waals surface area contributed by atoms with Gasteiger partial charge in [-0.15, -0.1) is 0 Å². The number of hydrogen-bond acceptors (Lipinski definition) is 3. The summed E-state index contributed by atoms with van der Waals surface area (Å²) in [5.41, 5.74) is 0. The lowest BCUT2D eigenvalue weighted by Crippen LogP contribution is -2.45. The molecule has 0 aromatic rings. The first-order valence-corrected chi connectivity index (χ1v) is 26.3. The van der Waals surface area contributed by atoms with Crippen LogP contribution < -0.4 is 5.32 Å². The maximum Gasteiger partial charge on any atom is 0.220 e. The number of carbonyl (C=O) groups is 1. The van der Waals surface area contributed by atoms with E-state index in [0.717, 1.165) is 51.4 Å². The minimum absolute atomic E-state index is 0.147. The van der Waals surface area contributed by atoms with Gasteiger partial charge < -0.3 is 15.5 Å². The van der Waals surface area contributed by atoms with Crippen molar-refractivity contribution in [3.63, 3.8) is 0 Å². The number of rotatable bonds is 47. The summed E-state index contributed by atoms with van der Waals surface area (Å²) in [6.45, 7) is 4.17. The van der Waals surface area contributed by atoms with Crippen LogP contribution in [0.5, 0.6) is 0 Å².